The highest BCUT2D eigenvalue weighted by Gasteiger charge is 2.11. The number of anilines is 1. The number of halogens is 1. The van der Waals surface area contributed by atoms with Crippen LogP contribution in [0, 0.1) is 11.3 Å². The van der Waals surface area contributed by atoms with E-state index in [0.717, 1.165) is 0 Å². The Balaban J connectivity index is 2.19. The molecule has 27 heavy (non-hydrogen) atoms. The maximum atomic E-state index is 12.4. The largest absolute Gasteiger partial charge is 0.494 e. The van der Waals surface area contributed by atoms with Crippen molar-refractivity contribution in [3.05, 3.63) is 58.1 Å². The molecule has 1 N–H and O–H groups in total. The van der Waals surface area contributed by atoms with Gasteiger partial charge in [-0.1, -0.05) is 12.1 Å². The van der Waals surface area contributed by atoms with Gasteiger partial charge in [-0.15, -0.1) is 0 Å². The minimum absolute atomic E-state index is 0.0658. The van der Waals surface area contributed by atoms with Gasteiger partial charge >= 0.3 is 5.97 Å². The summed E-state index contributed by atoms with van der Waals surface area (Å²) in [5, 5.41) is 12.0. The van der Waals surface area contributed by atoms with Crippen molar-refractivity contribution in [3.63, 3.8) is 0 Å². The van der Waals surface area contributed by atoms with E-state index in [1.165, 1.54) is 13.0 Å². The zero-order valence-electron chi connectivity index (χ0n) is 14.8. The summed E-state index contributed by atoms with van der Waals surface area (Å²) in [4.78, 5) is 23.4. The Bertz CT molecular complexity index is 932. The van der Waals surface area contributed by atoms with Crippen molar-refractivity contribution in [1.29, 1.82) is 5.26 Å². The molecule has 0 radical (unpaired) electrons. The maximum Gasteiger partial charge on any atom is 0.308 e. The lowest BCUT2D eigenvalue weighted by atomic mass is 10.1. The van der Waals surface area contributed by atoms with Crippen LogP contribution in [-0.2, 0) is 9.59 Å². The first-order valence-corrected chi connectivity index (χ1v) is 8.86. The molecule has 0 spiro atoms. The predicted octanol–water partition coefficient (Wildman–Crippen LogP) is 4.32. The monoisotopic (exact) mass is 428 g/mol. The fourth-order valence-electron chi connectivity index (χ4n) is 2.19. The van der Waals surface area contributed by atoms with Crippen LogP contribution in [0.4, 0.5) is 5.69 Å². The van der Waals surface area contributed by atoms with E-state index in [-0.39, 0.29) is 5.57 Å². The Morgan fingerprint density at radius 3 is 2.67 bits per heavy atom. The number of hydrogen-bond donors (Lipinski definition) is 1. The Hall–Kier alpha value is -3.11. The summed E-state index contributed by atoms with van der Waals surface area (Å²) in [6.07, 6.45) is 1.45. The van der Waals surface area contributed by atoms with Crippen LogP contribution in [0.2, 0.25) is 0 Å². The summed E-state index contributed by atoms with van der Waals surface area (Å²) in [5.74, 6) is 0.00910. The smallest absolute Gasteiger partial charge is 0.308 e. The average molecular weight is 429 g/mol. The Labute approximate surface area is 165 Å². The average Bonchev–Trinajstić information content (AvgIpc) is 2.62. The first-order valence-electron chi connectivity index (χ1n) is 8.07. The van der Waals surface area contributed by atoms with Crippen molar-refractivity contribution >= 4 is 39.6 Å². The van der Waals surface area contributed by atoms with Gasteiger partial charge in [0.25, 0.3) is 5.91 Å². The van der Waals surface area contributed by atoms with Gasteiger partial charge in [0.15, 0.2) is 0 Å². The predicted molar refractivity (Wildman–Crippen MR) is 105 cm³/mol. The Morgan fingerprint density at radius 1 is 1.26 bits per heavy atom. The van der Waals surface area contributed by atoms with E-state index in [1.807, 2.05) is 13.0 Å². The van der Waals surface area contributed by atoms with E-state index in [9.17, 15) is 14.9 Å². The molecule has 0 bridgehead atoms. The number of carbonyl (C=O) groups is 2. The van der Waals surface area contributed by atoms with Crippen molar-refractivity contribution in [3.8, 4) is 17.6 Å². The van der Waals surface area contributed by atoms with Crippen LogP contribution < -0.4 is 14.8 Å². The lowest BCUT2D eigenvalue weighted by Crippen LogP contribution is -2.13. The van der Waals surface area contributed by atoms with Crippen LogP contribution in [0.15, 0.2) is 52.5 Å². The molecule has 0 atom stereocenters. The van der Waals surface area contributed by atoms with Gasteiger partial charge in [-0.2, -0.15) is 5.26 Å². The van der Waals surface area contributed by atoms with Crippen molar-refractivity contribution in [2.75, 3.05) is 11.9 Å². The van der Waals surface area contributed by atoms with Gasteiger partial charge in [0.2, 0.25) is 0 Å². The summed E-state index contributed by atoms with van der Waals surface area (Å²) in [6, 6.07) is 13.7. The van der Waals surface area contributed by atoms with Crippen molar-refractivity contribution in [1.82, 2.24) is 0 Å². The summed E-state index contributed by atoms with van der Waals surface area (Å²) in [5.41, 5.74) is 1.06. The lowest BCUT2D eigenvalue weighted by Gasteiger charge is -2.08. The van der Waals surface area contributed by atoms with Crippen molar-refractivity contribution < 1.29 is 19.1 Å². The van der Waals surface area contributed by atoms with Gasteiger partial charge in [-0.3, -0.25) is 9.59 Å². The van der Waals surface area contributed by atoms with Gasteiger partial charge in [0, 0.05) is 18.7 Å². The van der Waals surface area contributed by atoms with Crippen molar-refractivity contribution in [2.24, 2.45) is 0 Å². The van der Waals surface area contributed by atoms with E-state index in [0.29, 0.717) is 33.8 Å². The zero-order valence-corrected chi connectivity index (χ0v) is 16.4. The van der Waals surface area contributed by atoms with Gasteiger partial charge in [-0.25, -0.2) is 0 Å². The van der Waals surface area contributed by atoms with E-state index < -0.39 is 11.9 Å². The second kappa shape index (κ2) is 9.55. The molecule has 0 heterocycles. The van der Waals surface area contributed by atoms with Crippen LogP contribution in [0.5, 0.6) is 11.5 Å². The number of esters is 1. The number of hydrogen-bond acceptors (Lipinski definition) is 5. The van der Waals surface area contributed by atoms with Crippen LogP contribution in [-0.4, -0.2) is 18.5 Å². The molecule has 0 saturated carbocycles. The van der Waals surface area contributed by atoms with Crippen LogP contribution >= 0.6 is 15.9 Å². The highest BCUT2D eigenvalue weighted by Crippen LogP contribution is 2.27. The number of amides is 1. The Morgan fingerprint density at radius 2 is 2.04 bits per heavy atom. The van der Waals surface area contributed by atoms with Crippen molar-refractivity contribution in [2.45, 2.75) is 13.8 Å². The number of rotatable bonds is 6. The summed E-state index contributed by atoms with van der Waals surface area (Å²) < 4.78 is 11.0. The highest BCUT2D eigenvalue weighted by atomic mass is 79.9. The number of nitrogens with one attached hydrogen (secondary N) is 1. The fourth-order valence-corrected chi connectivity index (χ4v) is 2.67. The molecule has 0 aliphatic rings. The van der Waals surface area contributed by atoms with Crippen LogP contribution in [0.3, 0.4) is 0 Å². The van der Waals surface area contributed by atoms with E-state index >= 15 is 0 Å². The molecule has 2 aromatic carbocycles. The van der Waals surface area contributed by atoms with E-state index in [2.05, 4.69) is 21.2 Å². The molecular weight excluding hydrogens is 412 g/mol. The van der Waals surface area contributed by atoms with Gasteiger partial charge in [0.05, 0.1) is 11.1 Å². The van der Waals surface area contributed by atoms with Gasteiger partial charge in [0.1, 0.15) is 23.1 Å². The third-order valence-corrected chi connectivity index (χ3v) is 3.91. The minimum atomic E-state index is -0.536. The second-order valence-corrected chi connectivity index (χ2v) is 6.22. The normalized spacial score (nSPS) is 10.7. The molecule has 1 amide bonds. The lowest BCUT2D eigenvalue weighted by molar-refractivity contribution is -0.131. The maximum absolute atomic E-state index is 12.4. The molecule has 0 saturated heterocycles. The topological polar surface area (TPSA) is 88.4 Å². The third kappa shape index (κ3) is 5.97. The molecule has 2 rings (SSSR count). The molecule has 2 aromatic rings. The molecule has 6 nitrogen and oxygen atoms in total. The molecule has 0 fully saturated rings. The fraction of sp³-hybridized carbons (Fsp3) is 0.150. The summed E-state index contributed by atoms with van der Waals surface area (Å²) >= 11 is 3.30. The SMILES string of the molecule is CCOc1cccc(NC(=O)/C(C#N)=C/c2ccc(OC(C)=O)c(Br)c2)c1. The molecule has 0 aliphatic heterocycles. The first kappa shape index (κ1) is 20.2. The highest BCUT2D eigenvalue weighted by molar-refractivity contribution is 9.10. The quantitative estimate of drug-likeness (QED) is 0.320. The number of nitrogens with zero attached hydrogens (tertiary/aromatic N) is 1. The molecule has 0 aromatic heterocycles. The molecule has 138 valence electrons. The first-order chi connectivity index (χ1) is 12.9. The summed E-state index contributed by atoms with van der Waals surface area (Å²) in [7, 11) is 0. The third-order valence-electron chi connectivity index (χ3n) is 3.29. The zero-order chi connectivity index (χ0) is 19.8. The number of carbonyl (C=O) groups excluding carboxylic acids is 2. The second-order valence-electron chi connectivity index (χ2n) is 5.37. The van der Waals surface area contributed by atoms with E-state index in [1.54, 1.807) is 42.5 Å². The molecule has 0 unspecified atom stereocenters. The summed E-state index contributed by atoms with van der Waals surface area (Å²) in [6.45, 7) is 3.69. The molecule has 7 heteroatoms. The number of nitriles is 1. The van der Waals surface area contributed by atoms with E-state index in [4.69, 9.17) is 9.47 Å². The van der Waals surface area contributed by atoms with Crippen LogP contribution in [0.25, 0.3) is 6.08 Å². The number of benzene rings is 2. The van der Waals surface area contributed by atoms with Gasteiger partial charge < -0.3 is 14.8 Å². The molecular formula is C20H17BrN2O4. The van der Waals surface area contributed by atoms with Crippen LogP contribution in [0.1, 0.15) is 19.4 Å². The standard InChI is InChI=1S/C20H17BrN2O4/c1-3-26-17-6-4-5-16(11-17)23-20(25)15(12-22)9-14-7-8-19(18(21)10-14)27-13(2)24/h4-11H,3H2,1-2H3,(H,23,25)/b15-9+. The van der Waals surface area contributed by atoms with Gasteiger partial charge in [-0.05, 0) is 58.8 Å². The Kier molecular flexibility index (Phi) is 7.15. The molecule has 0 aliphatic carbocycles. The number of ether oxygens (including phenoxy) is 2. The minimum Gasteiger partial charge on any atom is -0.494 e.